The Balaban J connectivity index is 0.00000144. The van der Waals surface area contributed by atoms with Gasteiger partial charge in [0.05, 0.1) is 17.6 Å². The Morgan fingerprint density at radius 1 is 1.29 bits per heavy atom. The van der Waals surface area contributed by atoms with Crippen LogP contribution in [0.15, 0.2) is 29.1 Å². The molecule has 1 aromatic carbocycles. The van der Waals surface area contributed by atoms with E-state index in [9.17, 15) is 4.79 Å². The third-order valence-electron chi connectivity index (χ3n) is 2.63. The van der Waals surface area contributed by atoms with E-state index >= 15 is 0 Å². The minimum atomic E-state index is -0.0172. The van der Waals surface area contributed by atoms with Gasteiger partial charge in [-0.15, -0.1) is 17.0 Å². The van der Waals surface area contributed by atoms with E-state index in [0.717, 1.165) is 23.0 Å². The Kier molecular flexibility index (Phi) is 4.84. The van der Waals surface area contributed by atoms with Crippen LogP contribution < -0.4 is 10.9 Å². The van der Waals surface area contributed by atoms with Crippen molar-refractivity contribution in [2.75, 3.05) is 13.6 Å². The fourth-order valence-corrected chi connectivity index (χ4v) is 1.77. The third-order valence-corrected chi connectivity index (χ3v) is 2.63. The van der Waals surface area contributed by atoms with Crippen LogP contribution in [-0.2, 0) is 6.54 Å². The number of nitrogens with one attached hydrogen (secondary N) is 1. The van der Waals surface area contributed by atoms with Gasteiger partial charge in [0, 0.05) is 11.9 Å². The monoisotopic (exact) mass is 297 g/mol. The van der Waals surface area contributed by atoms with E-state index in [1.807, 2.05) is 38.2 Å². The molecular weight excluding hydrogens is 282 g/mol. The van der Waals surface area contributed by atoms with Crippen LogP contribution in [0.3, 0.4) is 0 Å². The molecule has 0 fully saturated rings. The molecule has 4 nitrogen and oxygen atoms in total. The van der Waals surface area contributed by atoms with Crippen LogP contribution in [0.25, 0.3) is 10.8 Å². The van der Waals surface area contributed by atoms with Crippen LogP contribution in [0.5, 0.6) is 0 Å². The van der Waals surface area contributed by atoms with Gasteiger partial charge in [-0.2, -0.15) is 5.10 Å². The van der Waals surface area contributed by atoms with Crippen LogP contribution in [0.4, 0.5) is 0 Å². The van der Waals surface area contributed by atoms with E-state index in [1.54, 1.807) is 0 Å². The van der Waals surface area contributed by atoms with E-state index in [-0.39, 0.29) is 22.5 Å². The van der Waals surface area contributed by atoms with Crippen molar-refractivity contribution in [1.29, 1.82) is 0 Å². The third kappa shape index (κ3) is 2.73. The van der Waals surface area contributed by atoms with Crippen LogP contribution in [0.1, 0.15) is 5.69 Å². The summed E-state index contributed by atoms with van der Waals surface area (Å²) in [5, 5.41) is 8.99. The Morgan fingerprint density at radius 2 is 1.94 bits per heavy atom. The highest BCUT2D eigenvalue weighted by Gasteiger charge is 2.06. The second kappa shape index (κ2) is 5.93. The molecule has 1 N–H and O–H groups in total. The Labute approximate surface area is 110 Å². The lowest BCUT2D eigenvalue weighted by Crippen LogP contribution is -2.28. The van der Waals surface area contributed by atoms with Gasteiger partial charge < -0.3 is 5.32 Å². The van der Waals surface area contributed by atoms with Crippen molar-refractivity contribution in [3.8, 4) is 0 Å². The van der Waals surface area contributed by atoms with Gasteiger partial charge in [-0.1, -0.05) is 18.2 Å². The molecule has 2 rings (SSSR count). The van der Waals surface area contributed by atoms with E-state index in [2.05, 4.69) is 10.4 Å². The predicted octanol–water partition coefficient (Wildman–Crippen LogP) is 1.50. The molecule has 0 saturated carbocycles. The van der Waals surface area contributed by atoms with Gasteiger partial charge in [0.15, 0.2) is 0 Å². The first kappa shape index (κ1) is 13.9. The molecule has 0 aliphatic rings. The van der Waals surface area contributed by atoms with Crippen molar-refractivity contribution in [3.05, 3.63) is 40.3 Å². The molecule has 0 radical (unpaired) electrons. The van der Waals surface area contributed by atoms with Gasteiger partial charge in [0.2, 0.25) is 0 Å². The molecule has 2 aromatic rings. The van der Waals surface area contributed by atoms with Gasteiger partial charge in [-0.25, -0.2) is 4.68 Å². The summed E-state index contributed by atoms with van der Waals surface area (Å²) in [6.07, 6.45) is 0. The number of hydrogen-bond donors (Lipinski definition) is 1. The number of aromatic nitrogens is 2. The SMILES string of the molecule is Br.CNCCn1nc(C)c2ccccc2c1=O. The summed E-state index contributed by atoms with van der Waals surface area (Å²) in [6, 6.07) is 7.59. The zero-order valence-electron chi connectivity index (χ0n) is 9.93. The van der Waals surface area contributed by atoms with Gasteiger partial charge in [0.25, 0.3) is 5.56 Å². The maximum Gasteiger partial charge on any atom is 0.274 e. The Morgan fingerprint density at radius 3 is 2.59 bits per heavy atom. The van der Waals surface area contributed by atoms with Crippen LogP contribution in [-0.4, -0.2) is 23.4 Å². The summed E-state index contributed by atoms with van der Waals surface area (Å²) in [7, 11) is 1.86. The zero-order valence-corrected chi connectivity index (χ0v) is 11.6. The Bertz CT molecular complexity index is 565. The molecule has 0 unspecified atom stereocenters. The summed E-state index contributed by atoms with van der Waals surface area (Å²) in [6.45, 7) is 3.27. The highest BCUT2D eigenvalue weighted by Crippen LogP contribution is 2.11. The minimum absolute atomic E-state index is 0. The second-order valence-electron chi connectivity index (χ2n) is 3.76. The molecule has 0 amide bonds. The van der Waals surface area contributed by atoms with E-state index in [4.69, 9.17) is 0 Å². The summed E-state index contributed by atoms with van der Waals surface area (Å²) in [4.78, 5) is 12.1. The van der Waals surface area contributed by atoms with Crippen LogP contribution in [0.2, 0.25) is 0 Å². The van der Waals surface area contributed by atoms with Crippen molar-refractivity contribution in [2.45, 2.75) is 13.5 Å². The van der Waals surface area contributed by atoms with Crippen molar-refractivity contribution >= 4 is 27.8 Å². The smallest absolute Gasteiger partial charge is 0.274 e. The minimum Gasteiger partial charge on any atom is -0.318 e. The molecule has 0 aliphatic heterocycles. The standard InChI is InChI=1S/C12H15N3O.BrH/c1-9-10-5-3-4-6-11(10)12(16)15(14-9)8-7-13-2;/h3-6,13H,7-8H2,1-2H3;1H. The summed E-state index contributed by atoms with van der Waals surface area (Å²) in [5.74, 6) is 0. The quantitative estimate of drug-likeness (QED) is 0.934. The number of halogens is 1. The number of hydrogen-bond acceptors (Lipinski definition) is 3. The first-order valence-corrected chi connectivity index (χ1v) is 5.35. The number of rotatable bonds is 3. The molecule has 1 aromatic heterocycles. The molecule has 5 heteroatoms. The van der Waals surface area contributed by atoms with Gasteiger partial charge in [-0.05, 0) is 20.0 Å². The Hall–Kier alpha value is -1.20. The molecule has 92 valence electrons. The average molecular weight is 298 g/mol. The lowest BCUT2D eigenvalue weighted by atomic mass is 10.1. The molecule has 0 aliphatic carbocycles. The number of fused-ring (bicyclic) bond motifs is 1. The van der Waals surface area contributed by atoms with E-state index in [1.165, 1.54) is 4.68 Å². The zero-order chi connectivity index (χ0) is 11.5. The molecule has 0 saturated heterocycles. The normalized spacial score (nSPS) is 10.2. The summed E-state index contributed by atoms with van der Waals surface area (Å²) >= 11 is 0. The highest BCUT2D eigenvalue weighted by molar-refractivity contribution is 8.93. The first-order chi connectivity index (χ1) is 7.74. The second-order valence-corrected chi connectivity index (χ2v) is 3.76. The number of likely N-dealkylation sites (N-methyl/N-ethyl adjacent to an activating group) is 1. The van der Waals surface area contributed by atoms with Crippen molar-refractivity contribution < 1.29 is 0 Å². The maximum atomic E-state index is 12.1. The van der Waals surface area contributed by atoms with Gasteiger partial charge in [0.1, 0.15) is 0 Å². The van der Waals surface area contributed by atoms with E-state index < -0.39 is 0 Å². The van der Waals surface area contributed by atoms with Crippen LogP contribution in [0, 0.1) is 6.92 Å². The summed E-state index contributed by atoms with van der Waals surface area (Å²) < 4.78 is 1.52. The number of aryl methyl sites for hydroxylation is 1. The number of benzene rings is 1. The average Bonchev–Trinajstić information content (AvgIpc) is 2.32. The van der Waals surface area contributed by atoms with Crippen molar-refractivity contribution in [3.63, 3.8) is 0 Å². The molecule has 1 heterocycles. The molecular formula is C12H16BrN3O. The van der Waals surface area contributed by atoms with E-state index in [0.29, 0.717) is 6.54 Å². The number of nitrogens with zero attached hydrogens (tertiary/aromatic N) is 2. The lowest BCUT2D eigenvalue weighted by Gasteiger charge is -2.07. The highest BCUT2D eigenvalue weighted by atomic mass is 79.9. The summed E-state index contributed by atoms with van der Waals surface area (Å²) in [5.41, 5.74) is 0.878. The van der Waals surface area contributed by atoms with Gasteiger partial charge in [-0.3, -0.25) is 4.79 Å². The predicted molar refractivity (Wildman–Crippen MR) is 75.0 cm³/mol. The van der Waals surface area contributed by atoms with Gasteiger partial charge >= 0.3 is 0 Å². The molecule has 0 atom stereocenters. The maximum absolute atomic E-state index is 12.1. The molecule has 17 heavy (non-hydrogen) atoms. The molecule has 0 spiro atoms. The lowest BCUT2D eigenvalue weighted by molar-refractivity contribution is 0.555. The first-order valence-electron chi connectivity index (χ1n) is 5.35. The van der Waals surface area contributed by atoms with Crippen molar-refractivity contribution in [1.82, 2.24) is 15.1 Å². The fraction of sp³-hybridized carbons (Fsp3) is 0.333. The van der Waals surface area contributed by atoms with Crippen molar-refractivity contribution in [2.24, 2.45) is 0 Å². The largest absolute Gasteiger partial charge is 0.318 e. The fourth-order valence-electron chi connectivity index (χ4n) is 1.77. The van der Waals surface area contributed by atoms with Crippen LogP contribution >= 0.6 is 17.0 Å². The topological polar surface area (TPSA) is 46.9 Å². The molecule has 0 bridgehead atoms.